The van der Waals surface area contributed by atoms with Gasteiger partial charge >= 0.3 is 11.7 Å². The molecule has 7 nitrogen and oxygen atoms in total. The summed E-state index contributed by atoms with van der Waals surface area (Å²) in [5.74, 6) is 0. The summed E-state index contributed by atoms with van der Waals surface area (Å²) >= 11 is 0. The predicted molar refractivity (Wildman–Crippen MR) is 97.3 cm³/mol. The van der Waals surface area contributed by atoms with Gasteiger partial charge in [0.15, 0.2) is 5.69 Å². The van der Waals surface area contributed by atoms with Gasteiger partial charge in [0.1, 0.15) is 5.58 Å². The average Bonchev–Trinajstić information content (AvgIpc) is 3.13. The Morgan fingerprint density at radius 2 is 2.12 bits per heavy atom. The van der Waals surface area contributed by atoms with Crippen molar-refractivity contribution in [2.45, 2.75) is 32.3 Å². The number of carbonyl (C=O) groups is 1. The summed E-state index contributed by atoms with van der Waals surface area (Å²) in [7, 11) is 0. The third-order valence-corrected chi connectivity index (χ3v) is 4.12. The fourth-order valence-corrected chi connectivity index (χ4v) is 2.87. The highest BCUT2D eigenvalue weighted by atomic mass is 16.5. The van der Waals surface area contributed by atoms with Crippen molar-refractivity contribution in [3.05, 3.63) is 34.7 Å². The van der Waals surface area contributed by atoms with Gasteiger partial charge in [0.05, 0.1) is 11.8 Å². The van der Waals surface area contributed by atoms with Gasteiger partial charge in [-0.25, -0.2) is 9.59 Å². The molecule has 1 atom stereocenters. The number of para-hydroxylation sites is 1. The number of anilines is 2. The molecule has 1 fully saturated rings. The second-order valence-electron chi connectivity index (χ2n) is 6.03. The van der Waals surface area contributed by atoms with Crippen LogP contribution in [-0.2, 0) is 4.74 Å². The molecular weight excluding hydrogens is 322 g/mol. The Bertz CT molecular complexity index is 796. The summed E-state index contributed by atoms with van der Waals surface area (Å²) in [6.07, 6.45) is 2.87. The van der Waals surface area contributed by atoms with Gasteiger partial charge in [-0.1, -0.05) is 19.1 Å². The van der Waals surface area contributed by atoms with Crippen molar-refractivity contribution >= 4 is 28.4 Å². The number of rotatable bonds is 6. The van der Waals surface area contributed by atoms with E-state index in [1.165, 1.54) is 0 Å². The summed E-state index contributed by atoms with van der Waals surface area (Å²) in [5, 5.41) is 9.35. The van der Waals surface area contributed by atoms with E-state index in [9.17, 15) is 9.59 Å². The zero-order chi connectivity index (χ0) is 17.6. The van der Waals surface area contributed by atoms with Crippen LogP contribution in [0, 0.1) is 0 Å². The molecule has 0 saturated carbocycles. The highest BCUT2D eigenvalue weighted by Crippen LogP contribution is 2.28. The average molecular weight is 345 g/mol. The van der Waals surface area contributed by atoms with Gasteiger partial charge in [0.25, 0.3) is 0 Å². The Kier molecular flexibility index (Phi) is 5.55. The SMILES string of the molecule is CCCNc1c(NC(=O)NC[C@@H]2CCCO2)c(=O)oc2ccccc12. The molecular formula is C18H23N3O4. The summed E-state index contributed by atoms with van der Waals surface area (Å²) in [6.45, 7) is 3.86. The maximum absolute atomic E-state index is 12.3. The quantitative estimate of drug-likeness (QED) is 0.700. The van der Waals surface area contributed by atoms with Crippen LogP contribution < -0.4 is 21.6 Å². The first-order valence-electron chi connectivity index (χ1n) is 8.65. The van der Waals surface area contributed by atoms with Gasteiger partial charge in [-0.3, -0.25) is 5.32 Å². The second-order valence-corrected chi connectivity index (χ2v) is 6.03. The highest BCUT2D eigenvalue weighted by Gasteiger charge is 2.19. The monoisotopic (exact) mass is 345 g/mol. The van der Waals surface area contributed by atoms with E-state index in [-0.39, 0.29) is 11.8 Å². The topological polar surface area (TPSA) is 92.6 Å². The minimum Gasteiger partial charge on any atom is -0.421 e. The Balaban J connectivity index is 1.82. The lowest BCUT2D eigenvalue weighted by molar-refractivity contribution is 0.112. The van der Waals surface area contributed by atoms with E-state index in [4.69, 9.17) is 9.15 Å². The molecule has 0 radical (unpaired) electrons. The van der Waals surface area contributed by atoms with Gasteiger partial charge in [-0.2, -0.15) is 0 Å². The minimum atomic E-state index is -0.579. The number of urea groups is 1. The Morgan fingerprint density at radius 3 is 2.88 bits per heavy atom. The first-order chi connectivity index (χ1) is 12.2. The Morgan fingerprint density at radius 1 is 1.28 bits per heavy atom. The molecule has 2 heterocycles. The van der Waals surface area contributed by atoms with Crippen LogP contribution >= 0.6 is 0 Å². The van der Waals surface area contributed by atoms with Crippen LogP contribution in [0.3, 0.4) is 0 Å². The second kappa shape index (κ2) is 8.02. The summed E-state index contributed by atoms with van der Waals surface area (Å²) < 4.78 is 10.8. The van der Waals surface area contributed by atoms with Crippen molar-refractivity contribution in [2.24, 2.45) is 0 Å². The molecule has 0 aliphatic carbocycles. The normalized spacial score (nSPS) is 16.8. The molecule has 7 heteroatoms. The first kappa shape index (κ1) is 17.3. The fraction of sp³-hybridized carbons (Fsp3) is 0.444. The minimum absolute atomic E-state index is 0.0384. The predicted octanol–water partition coefficient (Wildman–Crippen LogP) is 2.92. The van der Waals surface area contributed by atoms with Gasteiger partial charge < -0.3 is 19.8 Å². The molecule has 1 aromatic heterocycles. The van der Waals surface area contributed by atoms with Crippen LogP contribution in [0.2, 0.25) is 0 Å². The zero-order valence-electron chi connectivity index (χ0n) is 14.3. The molecule has 3 N–H and O–H groups in total. The van der Waals surface area contributed by atoms with E-state index in [1.54, 1.807) is 12.1 Å². The fourth-order valence-electron chi connectivity index (χ4n) is 2.87. The lowest BCUT2D eigenvalue weighted by atomic mass is 10.2. The Hall–Kier alpha value is -2.54. The van der Waals surface area contributed by atoms with E-state index in [0.717, 1.165) is 31.3 Å². The van der Waals surface area contributed by atoms with E-state index in [2.05, 4.69) is 16.0 Å². The molecule has 0 bridgehead atoms. The van der Waals surface area contributed by atoms with Crippen molar-refractivity contribution < 1.29 is 13.9 Å². The lowest BCUT2D eigenvalue weighted by Crippen LogP contribution is -2.36. The van der Waals surface area contributed by atoms with Crippen LogP contribution in [-0.4, -0.2) is 31.8 Å². The number of amides is 2. The number of hydrogen-bond acceptors (Lipinski definition) is 5. The molecule has 0 spiro atoms. The third kappa shape index (κ3) is 4.11. The summed E-state index contributed by atoms with van der Waals surface area (Å²) in [5.41, 5.74) is 0.610. The maximum Gasteiger partial charge on any atom is 0.362 e. The number of fused-ring (bicyclic) bond motifs is 1. The van der Waals surface area contributed by atoms with Crippen LogP contribution in [0.25, 0.3) is 11.0 Å². The van der Waals surface area contributed by atoms with Crippen molar-refractivity contribution in [1.29, 1.82) is 0 Å². The van der Waals surface area contributed by atoms with Gasteiger partial charge in [-0.15, -0.1) is 0 Å². The van der Waals surface area contributed by atoms with E-state index < -0.39 is 11.7 Å². The molecule has 3 rings (SSSR count). The number of carbonyl (C=O) groups excluding carboxylic acids is 1. The third-order valence-electron chi connectivity index (χ3n) is 4.12. The molecule has 134 valence electrons. The molecule has 0 unspecified atom stereocenters. The van der Waals surface area contributed by atoms with E-state index >= 15 is 0 Å². The van der Waals surface area contributed by atoms with Crippen LogP contribution in [0.15, 0.2) is 33.5 Å². The summed E-state index contributed by atoms with van der Waals surface area (Å²) in [4.78, 5) is 24.5. The van der Waals surface area contributed by atoms with Crippen LogP contribution in [0.5, 0.6) is 0 Å². The number of hydrogen-bond donors (Lipinski definition) is 3. The highest BCUT2D eigenvalue weighted by molar-refractivity contribution is 6.01. The zero-order valence-corrected chi connectivity index (χ0v) is 14.3. The number of benzene rings is 1. The van der Waals surface area contributed by atoms with E-state index in [1.807, 2.05) is 19.1 Å². The number of ether oxygens (including phenoxy) is 1. The van der Waals surface area contributed by atoms with Gasteiger partial charge in [0.2, 0.25) is 0 Å². The molecule has 2 amide bonds. The standard InChI is InChI=1S/C18H23N3O4/c1-2-9-19-15-13-7-3-4-8-14(13)25-17(22)16(15)21-18(23)20-11-12-6-5-10-24-12/h3-4,7-8,12,19H,2,5-6,9-11H2,1H3,(H2,20,21,23)/t12-/m0/s1. The molecule has 25 heavy (non-hydrogen) atoms. The van der Waals surface area contributed by atoms with Gasteiger partial charge in [0, 0.05) is 25.1 Å². The molecule has 1 aliphatic heterocycles. The maximum atomic E-state index is 12.3. The van der Waals surface area contributed by atoms with Crippen molar-refractivity contribution in [3.63, 3.8) is 0 Å². The molecule has 1 saturated heterocycles. The molecule has 1 aromatic carbocycles. The van der Waals surface area contributed by atoms with Crippen LogP contribution in [0.1, 0.15) is 26.2 Å². The smallest absolute Gasteiger partial charge is 0.362 e. The van der Waals surface area contributed by atoms with Crippen molar-refractivity contribution in [1.82, 2.24) is 5.32 Å². The Labute approximate surface area is 145 Å². The van der Waals surface area contributed by atoms with Crippen LogP contribution in [0.4, 0.5) is 16.2 Å². The van der Waals surface area contributed by atoms with E-state index in [0.29, 0.717) is 24.4 Å². The largest absolute Gasteiger partial charge is 0.421 e. The first-order valence-corrected chi connectivity index (χ1v) is 8.65. The van der Waals surface area contributed by atoms with Gasteiger partial charge in [-0.05, 0) is 31.4 Å². The van der Waals surface area contributed by atoms with Crippen molar-refractivity contribution in [3.8, 4) is 0 Å². The molecule has 1 aliphatic rings. The lowest BCUT2D eigenvalue weighted by Gasteiger charge is -2.15. The summed E-state index contributed by atoms with van der Waals surface area (Å²) in [6, 6.07) is 6.80. The van der Waals surface area contributed by atoms with Crippen molar-refractivity contribution in [2.75, 3.05) is 30.3 Å². The molecule has 2 aromatic rings. The number of nitrogens with one attached hydrogen (secondary N) is 3.